The zero-order valence-electron chi connectivity index (χ0n) is 15.6. The van der Waals surface area contributed by atoms with Crippen molar-refractivity contribution in [1.29, 1.82) is 10.8 Å². The molecule has 0 aliphatic heterocycles. The zero-order valence-corrected chi connectivity index (χ0v) is 18.3. The fourth-order valence-corrected chi connectivity index (χ4v) is 1.68. The van der Waals surface area contributed by atoms with Gasteiger partial charge in [0.2, 0.25) is 0 Å². The first-order valence-corrected chi connectivity index (χ1v) is 7.75. The third-order valence-electron chi connectivity index (χ3n) is 2.92. The summed E-state index contributed by atoms with van der Waals surface area (Å²) in [4.78, 5) is 23.9. The number of carbonyl (C=O) groups is 2. The van der Waals surface area contributed by atoms with Crippen LogP contribution in [0.4, 0.5) is 8.78 Å². The van der Waals surface area contributed by atoms with E-state index in [1.807, 2.05) is 0 Å². The Morgan fingerprint density at radius 2 is 1.16 bits per heavy atom. The predicted molar refractivity (Wildman–Crippen MR) is 101 cm³/mol. The van der Waals surface area contributed by atoms with Gasteiger partial charge >= 0.3 is 17.1 Å². The van der Waals surface area contributed by atoms with Crippen molar-refractivity contribution in [2.24, 2.45) is 0 Å². The molecule has 31 heavy (non-hydrogen) atoms. The Morgan fingerprint density at radius 3 is 1.42 bits per heavy atom. The normalized spacial score (nSPS) is 8.06. The van der Waals surface area contributed by atoms with Crippen LogP contribution in [0, 0.1) is 34.6 Å². The SMILES string of the molecule is N=Cc1[c-]ccc(F)c1.N=Cc1[c-]ccc(F)c1.O=Cc1cccc(C=O)n1.[Cl-].[Cl-].[Fe+4]. The minimum Gasteiger partial charge on any atom is -1.00 e. The molecule has 0 radical (unpaired) electrons. The van der Waals surface area contributed by atoms with Crippen molar-refractivity contribution in [3.05, 3.63) is 101 Å². The first-order chi connectivity index (χ1) is 13.5. The summed E-state index contributed by atoms with van der Waals surface area (Å²) in [5.41, 5.74) is 1.50. The molecule has 5 nitrogen and oxygen atoms in total. The van der Waals surface area contributed by atoms with Crippen LogP contribution in [-0.4, -0.2) is 30.0 Å². The summed E-state index contributed by atoms with van der Waals surface area (Å²) in [7, 11) is 0. The van der Waals surface area contributed by atoms with Crippen LogP contribution < -0.4 is 24.8 Å². The smallest absolute Gasteiger partial charge is 1.00 e. The second kappa shape index (κ2) is 19.2. The molecule has 0 fully saturated rings. The Kier molecular flexibility index (Phi) is 20.4. The van der Waals surface area contributed by atoms with E-state index in [0.29, 0.717) is 23.7 Å². The van der Waals surface area contributed by atoms with E-state index in [-0.39, 0.29) is 64.9 Å². The van der Waals surface area contributed by atoms with Gasteiger partial charge in [0, 0.05) is 11.6 Å². The molecule has 1 heterocycles. The number of hydrogen-bond acceptors (Lipinski definition) is 5. The second-order valence-electron chi connectivity index (χ2n) is 4.94. The molecule has 0 unspecified atom stereocenters. The van der Waals surface area contributed by atoms with Crippen molar-refractivity contribution in [3.63, 3.8) is 0 Å². The number of aromatic nitrogens is 1. The molecule has 0 saturated heterocycles. The average molecular weight is 506 g/mol. The fraction of sp³-hybridized carbons (Fsp3) is 0. The van der Waals surface area contributed by atoms with Crippen molar-refractivity contribution in [2.75, 3.05) is 0 Å². The monoisotopic (exact) mass is 505 g/mol. The predicted octanol–water partition coefficient (Wildman–Crippen LogP) is -2.04. The van der Waals surface area contributed by atoms with Gasteiger partial charge in [-0.2, -0.15) is 0 Å². The van der Waals surface area contributed by atoms with Gasteiger partial charge in [0.05, 0.1) is 0 Å². The zero-order chi connectivity index (χ0) is 20.8. The first-order valence-electron chi connectivity index (χ1n) is 7.75. The molecule has 0 aliphatic carbocycles. The fourth-order valence-electron chi connectivity index (χ4n) is 1.68. The van der Waals surface area contributed by atoms with Crippen LogP contribution >= 0.6 is 0 Å². The third-order valence-corrected chi connectivity index (χ3v) is 2.92. The minimum absolute atomic E-state index is 0. The summed E-state index contributed by atoms with van der Waals surface area (Å²) >= 11 is 0. The van der Waals surface area contributed by atoms with Crippen molar-refractivity contribution in [3.8, 4) is 0 Å². The molecule has 1 aromatic heterocycles. The summed E-state index contributed by atoms with van der Waals surface area (Å²) in [6, 6.07) is 18.1. The minimum atomic E-state index is -0.327. The summed E-state index contributed by atoms with van der Waals surface area (Å²) in [5, 5.41) is 13.4. The maximum absolute atomic E-state index is 12.2. The van der Waals surface area contributed by atoms with E-state index in [1.165, 1.54) is 36.4 Å². The van der Waals surface area contributed by atoms with Gasteiger partial charge in [-0.25, -0.2) is 13.8 Å². The molecular weight excluding hydrogens is 491 g/mol. The molecule has 2 aromatic carbocycles. The van der Waals surface area contributed by atoms with E-state index in [9.17, 15) is 18.4 Å². The standard InChI is InChI=1S/2C7H5FN.C7H5NO2.2ClH.Fe/c2*8-7-3-1-2-6(4-7)5-9;9-4-6-2-1-3-7(5-10)8-6;;;/h2*1,3-5,9H;1-5H;2*1H;/q2*-1;;;;+4/p-2. The molecule has 10 heteroatoms. The van der Waals surface area contributed by atoms with Crippen LogP contribution in [0.25, 0.3) is 0 Å². The summed E-state index contributed by atoms with van der Waals surface area (Å²) in [5.74, 6) is -0.653. The van der Waals surface area contributed by atoms with E-state index in [4.69, 9.17) is 10.8 Å². The largest absolute Gasteiger partial charge is 4.00 e. The van der Waals surface area contributed by atoms with E-state index in [0.717, 1.165) is 12.4 Å². The van der Waals surface area contributed by atoms with Gasteiger partial charge in [-0.1, -0.05) is 18.5 Å². The van der Waals surface area contributed by atoms with E-state index < -0.39 is 0 Å². The molecule has 0 saturated carbocycles. The van der Waals surface area contributed by atoms with Gasteiger partial charge in [0.25, 0.3) is 0 Å². The molecule has 162 valence electrons. The van der Waals surface area contributed by atoms with Crippen molar-refractivity contribution >= 4 is 25.0 Å². The number of nitrogens with zero attached hydrogens (tertiary/aromatic N) is 1. The number of aldehydes is 2. The van der Waals surface area contributed by atoms with Gasteiger partial charge in [0.15, 0.2) is 12.6 Å². The topological polar surface area (TPSA) is 94.7 Å². The Balaban J connectivity index is -0.000000362. The van der Waals surface area contributed by atoms with Crippen LogP contribution in [0.3, 0.4) is 0 Å². The van der Waals surface area contributed by atoms with Gasteiger partial charge < -0.3 is 35.6 Å². The van der Waals surface area contributed by atoms with Crippen LogP contribution in [-0.2, 0) is 17.1 Å². The Morgan fingerprint density at radius 1 is 0.774 bits per heavy atom. The van der Waals surface area contributed by atoms with Crippen molar-refractivity contribution in [2.45, 2.75) is 0 Å². The number of halogens is 4. The molecule has 0 atom stereocenters. The summed E-state index contributed by atoms with van der Waals surface area (Å²) in [6.07, 6.45) is 3.33. The van der Waals surface area contributed by atoms with E-state index >= 15 is 0 Å². The Hall–Kier alpha value is -2.77. The number of rotatable bonds is 4. The summed E-state index contributed by atoms with van der Waals surface area (Å²) in [6.45, 7) is 0. The molecule has 0 spiro atoms. The van der Waals surface area contributed by atoms with Gasteiger partial charge in [-0.3, -0.25) is 9.59 Å². The van der Waals surface area contributed by atoms with Crippen LogP contribution in [0.15, 0.2) is 54.6 Å². The maximum atomic E-state index is 12.2. The van der Waals surface area contributed by atoms with Crippen LogP contribution in [0.2, 0.25) is 0 Å². The first kappa shape index (κ1) is 32.9. The third kappa shape index (κ3) is 14.0. The number of carbonyl (C=O) groups excluding carboxylic acids is 2. The molecule has 2 N–H and O–H groups in total. The van der Waals surface area contributed by atoms with Crippen LogP contribution in [0.1, 0.15) is 32.1 Å². The number of nitrogens with one attached hydrogen (secondary N) is 2. The van der Waals surface area contributed by atoms with Gasteiger partial charge in [0.1, 0.15) is 11.4 Å². The Bertz CT molecular complexity index is 890. The van der Waals surface area contributed by atoms with Gasteiger partial charge in [-0.15, -0.1) is 59.7 Å². The maximum Gasteiger partial charge on any atom is 4.00 e. The molecule has 3 aromatic rings. The molecule has 3 rings (SSSR count). The quantitative estimate of drug-likeness (QED) is 0.185. The molecule has 0 aliphatic rings. The van der Waals surface area contributed by atoms with E-state index in [1.54, 1.807) is 18.2 Å². The van der Waals surface area contributed by atoms with E-state index in [2.05, 4.69) is 17.1 Å². The number of benzene rings is 2. The summed E-state index contributed by atoms with van der Waals surface area (Å²) < 4.78 is 24.5. The number of pyridine rings is 1. The number of hydrogen-bond donors (Lipinski definition) is 2. The second-order valence-corrected chi connectivity index (χ2v) is 4.94. The average Bonchev–Trinajstić information content (AvgIpc) is 2.74. The molecule has 0 amide bonds. The molecule has 0 bridgehead atoms. The van der Waals surface area contributed by atoms with Crippen LogP contribution in [0.5, 0.6) is 0 Å². The van der Waals surface area contributed by atoms with Gasteiger partial charge in [-0.05, 0) is 12.1 Å². The molecular formula is C21H15Cl2F2FeN3O2. The van der Waals surface area contributed by atoms with Crippen molar-refractivity contribution in [1.82, 2.24) is 4.98 Å². The van der Waals surface area contributed by atoms with Crippen molar-refractivity contribution < 1.29 is 60.3 Å². The Labute approximate surface area is 201 Å².